The fourth-order valence-corrected chi connectivity index (χ4v) is 2.15. The second-order valence-electron chi connectivity index (χ2n) is 4.33. The van der Waals surface area contributed by atoms with Crippen LogP contribution in [0.1, 0.15) is 35.2 Å². The van der Waals surface area contributed by atoms with Gasteiger partial charge in [-0.25, -0.2) is 9.78 Å². The number of aryl methyl sites for hydroxylation is 2. The molecule has 0 atom stereocenters. The molecule has 0 saturated carbocycles. The summed E-state index contributed by atoms with van der Waals surface area (Å²) in [6.07, 6.45) is 1.36. The molecule has 0 radical (unpaired) electrons. The number of aromatic carboxylic acids is 1. The van der Waals surface area contributed by atoms with Crippen molar-refractivity contribution in [2.45, 2.75) is 26.7 Å². The van der Waals surface area contributed by atoms with E-state index in [1.54, 1.807) is 12.1 Å². The Labute approximate surface area is 116 Å². The molecular weight excluding hydrogens is 266 g/mol. The lowest BCUT2D eigenvalue weighted by molar-refractivity contribution is 0.0661. The average molecular weight is 280 g/mol. The van der Waals surface area contributed by atoms with Gasteiger partial charge in [0.05, 0.1) is 16.3 Å². The number of hydrogen-bond donors (Lipinski definition) is 1. The summed E-state index contributed by atoms with van der Waals surface area (Å²) in [6, 6.07) is 5.46. The number of oxazole rings is 1. The van der Waals surface area contributed by atoms with Crippen molar-refractivity contribution < 1.29 is 14.3 Å². The standard InChI is InChI=1S/C14H14ClNO3/c1-3-4-11-12(14(17)18)19-13(16-11)9-6-5-8(2)7-10(9)15/h5-7H,3-4H2,1-2H3,(H,17,18). The minimum absolute atomic E-state index is 0.103. The zero-order valence-electron chi connectivity index (χ0n) is 10.7. The first kappa shape index (κ1) is 13.6. The summed E-state index contributed by atoms with van der Waals surface area (Å²) < 4.78 is 5.34. The lowest BCUT2D eigenvalue weighted by atomic mass is 10.1. The van der Waals surface area contributed by atoms with E-state index in [1.807, 2.05) is 19.9 Å². The number of carboxylic acids is 1. The highest BCUT2D eigenvalue weighted by Gasteiger charge is 2.20. The van der Waals surface area contributed by atoms with Crippen LogP contribution in [0.2, 0.25) is 5.02 Å². The monoisotopic (exact) mass is 279 g/mol. The number of halogens is 1. The molecule has 0 aliphatic rings. The molecule has 2 aromatic rings. The van der Waals surface area contributed by atoms with Crippen molar-refractivity contribution in [2.24, 2.45) is 0 Å². The summed E-state index contributed by atoms with van der Waals surface area (Å²) in [5, 5.41) is 9.60. The Bertz CT molecular complexity index is 619. The third kappa shape index (κ3) is 2.79. The van der Waals surface area contributed by atoms with E-state index in [0.717, 1.165) is 12.0 Å². The molecule has 1 N–H and O–H groups in total. The van der Waals surface area contributed by atoms with Gasteiger partial charge in [0.1, 0.15) is 0 Å². The molecule has 0 fully saturated rings. The van der Waals surface area contributed by atoms with Crippen LogP contribution in [0.4, 0.5) is 0 Å². The lowest BCUT2D eigenvalue weighted by Crippen LogP contribution is -1.99. The number of rotatable bonds is 4. The predicted octanol–water partition coefficient (Wildman–Crippen LogP) is 3.95. The Morgan fingerprint density at radius 2 is 2.21 bits per heavy atom. The van der Waals surface area contributed by atoms with Crippen LogP contribution in [0.5, 0.6) is 0 Å². The molecule has 0 unspecified atom stereocenters. The lowest BCUT2D eigenvalue weighted by Gasteiger charge is -2.00. The van der Waals surface area contributed by atoms with Crippen molar-refractivity contribution in [3.05, 3.63) is 40.2 Å². The average Bonchev–Trinajstić information content (AvgIpc) is 2.73. The highest BCUT2D eigenvalue weighted by Crippen LogP contribution is 2.30. The number of carboxylic acid groups (broad SMARTS) is 1. The molecule has 1 aromatic heterocycles. The SMILES string of the molecule is CCCc1nc(-c2ccc(C)cc2Cl)oc1C(=O)O. The zero-order chi connectivity index (χ0) is 14.0. The van der Waals surface area contributed by atoms with E-state index >= 15 is 0 Å². The van der Waals surface area contributed by atoms with E-state index in [0.29, 0.717) is 22.7 Å². The third-order valence-corrected chi connectivity index (χ3v) is 3.05. The van der Waals surface area contributed by atoms with Gasteiger partial charge in [-0.15, -0.1) is 0 Å². The summed E-state index contributed by atoms with van der Waals surface area (Å²) in [7, 11) is 0. The molecule has 100 valence electrons. The van der Waals surface area contributed by atoms with E-state index in [4.69, 9.17) is 21.1 Å². The van der Waals surface area contributed by atoms with Crippen LogP contribution in [0.3, 0.4) is 0 Å². The summed E-state index contributed by atoms with van der Waals surface area (Å²) in [5.74, 6) is -0.954. The first-order valence-electron chi connectivity index (χ1n) is 6.02. The molecule has 0 spiro atoms. The van der Waals surface area contributed by atoms with E-state index < -0.39 is 5.97 Å². The van der Waals surface area contributed by atoms with Gasteiger partial charge in [-0.2, -0.15) is 0 Å². The maximum Gasteiger partial charge on any atom is 0.373 e. The Kier molecular flexibility index (Phi) is 3.90. The molecule has 5 heteroatoms. The minimum atomic E-state index is -1.11. The number of benzene rings is 1. The fraction of sp³-hybridized carbons (Fsp3) is 0.286. The number of hydrogen-bond acceptors (Lipinski definition) is 3. The van der Waals surface area contributed by atoms with Crippen LogP contribution in [0.15, 0.2) is 22.6 Å². The van der Waals surface area contributed by atoms with Crippen molar-refractivity contribution in [2.75, 3.05) is 0 Å². The van der Waals surface area contributed by atoms with Gasteiger partial charge in [-0.3, -0.25) is 0 Å². The highest BCUT2D eigenvalue weighted by atomic mass is 35.5. The summed E-state index contributed by atoms with van der Waals surface area (Å²) in [6.45, 7) is 3.88. The molecule has 19 heavy (non-hydrogen) atoms. The number of nitrogens with zero attached hydrogens (tertiary/aromatic N) is 1. The second kappa shape index (κ2) is 5.45. The van der Waals surface area contributed by atoms with Gasteiger partial charge >= 0.3 is 5.97 Å². The van der Waals surface area contributed by atoms with Gasteiger partial charge in [0.2, 0.25) is 11.7 Å². The molecular formula is C14H14ClNO3. The molecule has 0 amide bonds. The topological polar surface area (TPSA) is 63.3 Å². The van der Waals surface area contributed by atoms with E-state index in [9.17, 15) is 4.79 Å². The molecule has 1 aromatic carbocycles. The van der Waals surface area contributed by atoms with Crippen molar-refractivity contribution in [3.8, 4) is 11.5 Å². The fourth-order valence-electron chi connectivity index (χ4n) is 1.83. The van der Waals surface area contributed by atoms with Crippen LogP contribution in [0.25, 0.3) is 11.5 Å². The van der Waals surface area contributed by atoms with Crippen LogP contribution < -0.4 is 0 Å². The number of carbonyl (C=O) groups is 1. The van der Waals surface area contributed by atoms with Gasteiger partial charge < -0.3 is 9.52 Å². The van der Waals surface area contributed by atoms with Crippen molar-refractivity contribution in [3.63, 3.8) is 0 Å². The first-order chi connectivity index (χ1) is 9.02. The minimum Gasteiger partial charge on any atom is -0.475 e. The Hall–Kier alpha value is -1.81. The third-order valence-electron chi connectivity index (χ3n) is 2.73. The van der Waals surface area contributed by atoms with Crippen LogP contribution in [-0.2, 0) is 6.42 Å². The van der Waals surface area contributed by atoms with E-state index in [2.05, 4.69) is 4.98 Å². The van der Waals surface area contributed by atoms with E-state index in [-0.39, 0.29) is 11.7 Å². The van der Waals surface area contributed by atoms with Crippen LogP contribution >= 0.6 is 11.6 Å². The van der Waals surface area contributed by atoms with Crippen molar-refractivity contribution in [1.82, 2.24) is 4.98 Å². The smallest absolute Gasteiger partial charge is 0.373 e. The normalized spacial score (nSPS) is 10.7. The van der Waals surface area contributed by atoms with Crippen molar-refractivity contribution in [1.29, 1.82) is 0 Å². The quantitative estimate of drug-likeness (QED) is 0.920. The molecule has 2 rings (SSSR count). The van der Waals surface area contributed by atoms with E-state index in [1.165, 1.54) is 0 Å². The van der Waals surface area contributed by atoms with Gasteiger partial charge in [0.15, 0.2) is 0 Å². The summed E-state index contributed by atoms with van der Waals surface area (Å²) >= 11 is 6.13. The Morgan fingerprint density at radius 1 is 1.47 bits per heavy atom. The molecule has 1 heterocycles. The molecule has 4 nitrogen and oxygen atoms in total. The first-order valence-corrected chi connectivity index (χ1v) is 6.40. The second-order valence-corrected chi connectivity index (χ2v) is 4.74. The predicted molar refractivity (Wildman–Crippen MR) is 72.6 cm³/mol. The maximum atomic E-state index is 11.1. The van der Waals surface area contributed by atoms with Gasteiger partial charge in [-0.05, 0) is 31.0 Å². The molecule has 0 aliphatic carbocycles. The maximum absolute atomic E-state index is 11.1. The molecule has 0 aliphatic heterocycles. The largest absolute Gasteiger partial charge is 0.475 e. The molecule has 0 bridgehead atoms. The Balaban J connectivity index is 2.50. The zero-order valence-corrected chi connectivity index (χ0v) is 11.5. The van der Waals surface area contributed by atoms with Gasteiger partial charge in [0.25, 0.3) is 0 Å². The summed E-state index contributed by atoms with van der Waals surface area (Å²) in [5.41, 5.74) is 2.09. The highest BCUT2D eigenvalue weighted by molar-refractivity contribution is 6.33. The Morgan fingerprint density at radius 3 is 2.79 bits per heavy atom. The molecule has 0 saturated heterocycles. The van der Waals surface area contributed by atoms with Crippen molar-refractivity contribution >= 4 is 17.6 Å². The van der Waals surface area contributed by atoms with Crippen LogP contribution in [-0.4, -0.2) is 16.1 Å². The van der Waals surface area contributed by atoms with Gasteiger partial charge in [0, 0.05) is 0 Å². The summed E-state index contributed by atoms with van der Waals surface area (Å²) in [4.78, 5) is 15.4. The number of aromatic nitrogens is 1. The van der Waals surface area contributed by atoms with Gasteiger partial charge in [-0.1, -0.05) is 31.0 Å². The van der Waals surface area contributed by atoms with Crippen LogP contribution in [0, 0.1) is 6.92 Å².